The number of unbranched alkanes of at least 4 members (excludes halogenated alkanes) is 5. The summed E-state index contributed by atoms with van der Waals surface area (Å²) in [5.74, 6) is -2.78. The molecule has 0 bridgehead atoms. The van der Waals surface area contributed by atoms with Crippen LogP contribution in [-0.4, -0.2) is 34.0 Å². The third kappa shape index (κ3) is 9.44. The van der Waals surface area contributed by atoms with Crippen LogP contribution in [0.1, 0.15) is 74.6 Å². The minimum atomic E-state index is -1.10. The first-order valence-corrected chi connectivity index (χ1v) is 11.5. The quantitative estimate of drug-likeness (QED) is 0.292. The van der Waals surface area contributed by atoms with E-state index in [0.717, 1.165) is 25.7 Å². The molecule has 0 unspecified atom stereocenters. The summed E-state index contributed by atoms with van der Waals surface area (Å²) in [7, 11) is 0. The molecule has 0 saturated heterocycles. The highest BCUT2D eigenvalue weighted by molar-refractivity contribution is 5.85. The molecule has 2 aromatic rings. The SMILES string of the molecule is O=C(CCCCCCCCC(=O)N[C@H](C(=O)O)c1ccccc1)N[C@H](C(=O)O)c1ccccc1. The summed E-state index contributed by atoms with van der Waals surface area (Å²) in [4.78, 5) is 47.1. The van der Waals surface area contributed by atoms with Gasteiger partial charge in [0, 0.05) is 12.8 Å². The monoisotopic (exact) mass is 468 g/mol. The Morgan fingerprint density at radius 1 is 0.559 bits per heavy atom. The minimum absolute atomic E-state index is 0.259. The summed E-state index contributed by atoms with van der Waals surface area (Å²) < 4.78 is 0. The molecule has 34 heavy (non-hydrogen) atoms. The van der Waals surface area contributed by atoms with Crippen molar-refractivity contribution in [2.24, 2.45) is 0 Å². The maximum Gasteiger partial charge on any atom is 0.330 e. The van der Waals surface area contributed by atoms with Gasteiger partial charge < -0.3 is 20.8 Å². The molecule has 0 aliphatic rings. The third-order valence-corrected chi connectivity index (χ3v) is 5.43. The summed E-state index contributed by atoms with van der Waals surface area (Å²) >= 11 is 0. The van der Waals surface area contributed by atoms with E-state index in [4.69, 9.17) is 0 Å². The van der Waals surface area contributed by atoms with Crippen LogP contribution in [-0.2, 0) is 19.2 Å². The zero-order chi connectivity index (χ0) is 24.8. The van der Waals surface area contributed by atoms with Gasteiger partial charge in [-0.25, -0.2) is 9.59 Å². The molecule has 0 aliphatic heterocycles. The smallest absolute Gasteiger partial charge is 0.330 e. The molecule has 8 nitrogen and oxygen atoms in total. The Labute approximate surface area is 199 Å². The normalized spacial score (nSPS) is 12.4. The molecule has 4 N–H and O–H groups in total. The predicted molar refractivity (Wildman–Crippen MR) is 127 cm³/mol. The van der Waals surface area contributed by atoms with Crippen molar-refractivity contribution in [3.63, 3.8) is 0 Å². The highest BCUT2D eigenvalue weighted by atomic mass is 16.4. The lowest BCUT2D eigenvalue weighted by molar-refractivity contribution is -0.142. The zero-order valence-corrected chi connectivity index (χ0v) is 19.1. The maximum atomic E-state index is 12.1. The van der Waals surface area contributed by atoms with Gasteiger partial charge in [0.25, 0.3) is 0 Å². The number of rotatable bonds is 15. The minimum Gasteiger partial charge on any atom is -0.479 e. The fourth-order valence-electron chi connectivity index (χ4n) is 3.61. The van der Waals surface area contributed by atoms with E-state index >= 15 is 0 Å². The highest BCUT2D eigenvalue weighted by Crippen LogP contribution is 2.15. The number of hydrogen-bond donors (Lipinski definition) is 4. The molecule has 8 heteroatoms. The van der Waals surface area contributed by atoms with Gasteiger partial charge in [0.1, 0.15) is 0 Å². The van der Waals surface area contributed by atoms with Crippen LogP contribution in [0, 0.1) is 0 Å². The first kappa shape index (κ1) is 26.6. The third-order valence-electron chi connectivity index (χ3n) is 5.43. The van der Waals surface area contributed by atoms with Crippen LogP contribution in [0.25, 0.3) is 0 Å². The van der Waals surface area contributed by atoms with Crippen LogP contribution < -0.4 is 10.6 Å². The predicted octanol–water partition coefficient (Wildman–Crippen LogP) is 3.99. The second kappa shape index (κ2) is 14.5. The van der Waals surface area contributed by atoms with Gasteiger partial charge in [-0.2, -0.15) is 0 Å². The molecule has 0 saturated carbocycles. The maximum absolute atomic E-state index is 12.1. The summed E-state index contributed by atoms with van der Waals surface area (Å²) in [6.45, 7) is 0. The van der Waals surface area contributed by atoms with E-state index in [1.54, 1.807) is 60.7 Å². The zero-order valence-electron chi connectivity index (χ0n) is 19.1. The Balaban J connectivity index is 1.57. The Kier molecular flexibility index (Phi) is 11.3. The van der Waals surface area contributed by atoms with Crippen molar-refractivity contribution >= 4 is 23.8 Å². The highest BCUT2D eigenvalue weighted by Gasteiger charge is 2.22. The molecule has 0 fully saturated rings. The van der Waals surface area contributed by atoms with Crippen molar-refractivity contribution in [2.75, 3.05) is 0 Å². The Hall–Kier alpha value is -3.68. The van der Waals surface area contributed by atoms with E-state index in [2.05, 4.69) is 10.6 Å². The number of hydrogen-bond acceptors (Lipinski definition) is 4. The number of carboxylic acid groups (broad SMARTS) is 2. The topological polar surface area (TPSA) is 133 Å². The van der Waals surface area contributed by atoms with E-state index < -0.39 is 24.0 Å². The molecule has 0 aromatic heterocycles. The number of carbonyl (C=O) groups excluding carboxylic acids is 2. The number of nitrogens with one attached hydrogen (secondary N) is 2. The fraction of sp³-hybridized carbons (Fsp3) is 0.385. The summed E-state index contributed by atoms with van der Waals surface area (Å²) in [5, 5.41) is 23.9. The largest absolute Gasteiger partial charge is 0.479 e. The summed E-state index contributed by atoms with van der Waals surface area (Å²) in [6.07, 6.45) is 5.30. The van der Waals surface area contributed by atoms with Crippen molar-refractivity contribution in [2.45, 2.75) is 63.5 Å². The lowest BCUT2D eigenvalue weighted by Crippen LogP contribution is -2.33. The number of aliphatic carboxylic acids is 2. The van der Waals surface area contributed by atoms with Crippen molar-refractivity contribution in [3.8, 4) is 0 Å². The molecule has 182 valence electrons. The van der Waals surface area contributed by atoms with Crippen LogP contribution in [0.2, 0.25) is 0 Å². The molecule has 0 heterocycles. The van der Waals surface area contributed by atoms with Crippen LogP contribution in [0.5, 0.6) is 0 Å². The van der Waals surface area contributed by atoms with E-state index in [9.17, 15) is 29.4 Å². The fourth-order valence-corrected chi connectivity index (χ4v) is 3.61. The van der Waals surface area contributed by atoms with E-state index in [-0.39, 0.29) is 24.7 Å². The molecule has 2 atom stereocenters. The summed E-state index contributed by atoms with van der Waals surface area (Å²) in [5.41, 5.74) is 1.07. The molecule has 0 aliphatic carbocycles. The van der Waals surface area contributed by atoms with Crippen molar-refractivity contribution in [3.05, 3.63) is 71.8 Å². The van der Waals surface area contributed by atoms with E-state index in [0.29, 0.717) is 24.0 Å². The standard InChI is InChI=1S/C26H32N2O6/c29-21(27-23(25(31)32)19-13-7-5-8-14-19)17-11-3-1-2-4-12-18-22(30)28-24(26(33)34)20-15-9-6-10-16-20/h5-10,13-16,23-24H,1-4,11-12,17-18H2,(H,27,29)(H,28,30)(H,31,32)(H,33,34)/t23-,24-/m0/s1. The lowest BCUT2D eigenvalue weighted by atomic mass is 10.1. The molecule has 2 aromatic carbocycles. The van der Waals surface area contributed by atoms with Gasteiger partial charge in [-0.1, -0.05) is 86.3 Å². The number of benzene rings is 2. The van der Waals surface area contributed by atoms with E-state index in [1.807, 2.05) is 0 Å². The first-order valence-electron chi connectivity index (χ1n) is 11.5. The van der Waals surface area contributed by atoms with Crippen LogP contribution in [0.15, 0.2) is 60.7 Å². The summed E-state index contributed by atoms with van der Waals surface area (Å²) in [6, 6.07) is 15.1. The first-order chi connectivity index (χ1) is 16.4. The second-order valence-electron chi connectivity index (χ2n) is 8.12. The average molecular weight is 469 g/mol. The van der Waals surface area contributed by atoms with Gasteiger partial charge >= 0.3 is 11.9 Å². The van der Waals surface area contributed by atoms with Crippen molar-refractivity contribution in [1.29, 1.82) is 0 Å². The van der Waals surface area contributed by atoms with Crippen LogP contribution in [0.3, 0.4) is 0 Å². The van der Waals surface area contributed by atoms with Gasteiger partial charge in [-0.05, 0) is 24.0 Å². The van der Waals surface area contributed by atoms with Gasteiger partial charge in [0.15, 0.2) is 12.1 Å². The van der Waals surface area contributed by atoms with Crippen molar-refractivity contribution < 1.29 is 29.4 Å². The van der Waals surface area contributed by atoms with Gasteiger partial charge in [-0.3, -0.25) is 9.59 Å². The molecule has 0 spiro atoms. The Morgan fingerprint density at radius 2 is 0.882 bits per heavy atom. The van der Waals surface area contributed by atoms with Crippen LogP contribution >= 0.6 is 0 Å². The molecule has 2 rings (SSSR count). The molecule has 0 radical (unpaired) electrons. The van der Waals surface area contributed by atoms with E-state index in [1.165, 1.54) is 0 Å². The number of carboxylic acids is 2. The van der Waals surface area contributed by atoms with Gasteiger partial charge in [0.2, 0.25) is 11.8 Å². The average Bonchev–Trinajstić information content (AvgIpc) is 2.83. The lowest BCUT2D eigenvalue weighted by Gasteiger charge is -2.15. The Morgan fingerprint density at radius 3 is 1.21 bits per heavy atom. The van der Waals surface area contributed by atoms with Crippen LogP contribution in [0.4, 0.5) is 0 Å². The molecular weight excluding hydrogens is 436 g/mol. The second-order valence-corrected chi connectivity index (χ2v) is 8.12. The number of amides is 2. The molecule has 2 amide bonds. The molecular formula is C26H32N2O6. The number of carbonyl (C=O) groups is 4. The van der Waals surface area contributed by atoms with Crippen molar-refractivity contribution in [1.82, 2.24) is 10.6 Å². The Bertz CT molecular complexity index is 855. The van der Waals surface area contributed by atoms with Gasteiger partial charge in [-0.15, -0.1) is 0 Å². The van der Waals surface area contributed by atoms with Gasteiger partial charge in [0.05, 0.1) is 0 Å².